The monoisotopic (exact) mass is 266 g/mol. The smallest absolute Gasteiger partial charge is 0.317 e. The summed E-state index contributed by atoms with van der Waals surface area (Å²) in [6, 6.07) is 0. The van der Waals surface area contributed by atoms with Gasteiger partial charge in [-0.25, -0.2) is 0 Å². The van der Waals surface area contributed by atoms with Crippen LogP contribution in [0.1, 0.15) is 39.0 Å². The first-order valence-electron chi connectivity index (χ1n) is 5.20. The molecule has 0 spiro atoms. The van der Waals surface area contributed by atoms with E-state index in [1.54, 1.807) is 6.26 Å². The van der Waals surface area contributed by atoms with Gasteiger partial charge >= 0.3 is 5.97 Å². The van der Waals surface area contributed by atoms with E-state index in [2.05, 4.69) is 6.92 Å². The Morgan fingerprint density at radius 1 is 1.53 bits per heavy atom. The summed E-state index contributed by atoms with van der Waals surface area (Å²) < 4.78 is 5.26. The van der Waals surface area contributed by atoms with E-state index in [0.717, 1.165) is 24.9 Å². The van der Waals surface area contributed by atoms with Crippen molar-refractivity contribution in [2.24, 2.45) is 0 Å². The van der Waals surface area contributed by atoms with Gasteiger partial charge in [0.1, 0.15) is 0 Å². The summed E-state index contributed by atoms with van der Waals surface area (Å²) in [5.41, 5.74) is 0. The zero-order valence-electron chi connectivity index (χ0n) is 9.28. The molecule has 0 bridgehead atoms. The van der Waals surface area contributed by atoms with Crippen molar-refractivity contribution in [3.05, 3.63) is 0 Å². The highest BCUT2D eigenvalue weighted by Gasteiger charge is 2.29. The molecular formula is C10H18O2S3. The maximum absolute atomic E-state index is 11.1. The van der Waals surface area contributed by atoms with Gasteiger partial charge in [0.15, 0.2) is 0 Å². The van der Waals surface area contributed by atoms with Crippen LogP contribution < -0.4 is 0 Å². The van der Waals surface area contributed by atoms with Crippen LogP contribution in [0.5, 0.6) is 0 Å². The molecule has 0 aromatic rings. The number of hydrogen-bond acceptors (Lipinski definition) is 5. The summed E-state index contributed by atoms with van der Waals surface area (Å²) >= 11 is 1.14. The second-order valence-corrected chi connectivity index (χ2v) is 7.44. The lowest BCUT2D eigenvalue weighted by Gasteiger charge is -2.20. The topological polar surface area (TPSA) is 26.3 Å². The molecule has 0 saturated carbocycles. The molecule has 1 aliphatic rings. The van der Waals surface area contributed by atoms with E-state index in [9.17, 15) is 4.79 Å². The van der Waals surface area contributed by atoms with Crippen LogP contribution in [0.3, 0.4) is 0 Å². The molecule has 1 rings (SSSR count). The Labute approximate surface area is 104 Å². The van der Waals surface area contributed by atoms with Gasteiger partial charge in [0.2, 0.25) is 0 Å². The van der Waals surface area contributed by atoms with Gasteiger partial charge in [-0.15, -0.1) is 0 Å². The summed E-state index contributed by atoms with van der Waals surface area (Å²) in [7, 11) is 3.99. The SMILES string of the molecule is CSOC(=O)CCCCC1(C)CCSS1. The number of carbonyl (C=O) groups is 1. The van der Waals surface area contributed by atoms with Gasteiger partial charge in [-0.3, -0.25) is 4.79 Å². The average Bonchev–Trinajstić information content (AvgIpc) is 2.61. The van der Waals surface area contributed by atoms with Crippen LogP contribution in [0.2, 0.25) is 0 Å². The molecule has 1 aliphatic heterocycles. The lowest BCUT2D eigenvalue weighted by Crippen LogP contribution is -2.15. The maximum Gasteiger partial charge on any atom is 0.317 e. The van der Waals surface area contributed by atoms with Crippen molar-refractivity contribution in [2.75, 3.05) is 12.0 Å². The van der Waals surface area contributed by atoms with Crippen LogP contribution in [-0.4, -0.2) is 22.7 Å². The predicted molar refractivity (Wildman–Crippen MR) is 71.1 cm³/mol. The third-order valence-electron chi connectivity index (χ3n) is 2.49. The van der Waals surface area contributed by atoms with Crippen molar-refractivity contribution in [3.8, 4) is 0 Å². The average molecular weight is 266 g/mol. The molecule has 1 saturated heterocycles. The fourth-order valence-electron chi connectivity index (χ4n) is 1.55. The van der Waals surface area contributed by atoms with Gasteiger partial charge in [0.25, 0.3) is 0 Å². The Bertz CT molecular complexity index is 203. The minimum Gasteiger partial charge on any atom is -0.392 e. The van der Waals surface area contributed by atoms with Crippen molar-refractivity contribution in [2.45, 2.75) is 43.8 Å². The molecule has 0 amide bonds. The van der Waals surface area contributed by atoms with Crippen molar-refractivity contribution >= 4 is 39.6 Å². The maximum atomic E-state index is 11.1. The summed E-state index contributed by atoms with van der Waals surface area (Å²) in [6.45, 7) is 2.33. The highest BCUT2D eigenvalue weighted by Crippen LogP contribution is 2.49. The molecule has 0 N–H and O–H groups in total. The summed E-state index contributed by atoms with van der Waals surface area (Å²) in [5, 5.41) is 0. The molecule has 5 heteroatoms. The van der Waals surface area contributed by atoms with Crippen molar-refractivity contribution < 1.29 is 8.98 Å². The fourth-order valence-corrected chi connectivity index (χ4v) is 5.12. The molecule has 1 atom stereocenters. The largest absolute Gasteiger partial charge is 0.392 e. The van der Waals surface area contributed by atoms with Crippen molar-refractivity contribution in [3.63, 3.8) is 0 Å². The quantitative estimate of drug-likeness (QED) is 0.412. The molecule has 0 aromatic heterocycles. The van der Waals surface area contributed by atoms with E-state index in [0.29, 0.717) is 11.2 Å². The predicted octanol–water partition coefficient (Wildman–Crippen LogP) is 3.91. The van der Waals surface area contributed by atoms with Gasteiger partial charge in [0, 0.05) is 23.2 Å². The standard InChI is InChI=1S/C10H18O2S3/c1-10(7-8-14-15-10)6-4-3-5-9(11)12-13-2/h3-8H2,1-2H3. The lowest BCUT2D eigenvalue weighted by molar-refractivity contribution is -0.133. The third-order valence-corrected chi connectivity index (χ3v) is 6.20. The van der Waals surface area contributed by atoms with Crippen LogP contribution in [0.25, 0.3) is 0 Å². The number of unbranched alkanes of at least 4 members (excludes halogenated alkanes) is 1. The molecule has 0 aromatic carbocycles. The Morgan fingerprint density at radius 2 is 2.33 bits per heavy atom. The number of rotatable bonds is 6. The first kappa shape index (κ1) is 13.6. The second-order valence-electron chi connectivity index (χ2n) is 3.93. The molecule has 1 heterocycles. The minimum atomic E-state index is -0.0823. The van der Waals surface area contributed by atoms with E-state index >= 15 is 0 Å². The number of carbonyl (C=O) groups excluding carboxylic acids is 1. The van der Waals surface area contributed by atoms with Gasteiger partial charge in [-0.2, -0.15) is 0 Å². The molecule has 1 unspecified atom stereocenters. The highest BCUT2D eigenvalue weighted by atomic mass is 33.1. The van der Waals surface area contributed by atoms with Gasteiger partial charge < -0.3 is 4.18 Å². The molecular weight excluding hydrogens is 248 g/mol. The zero-order valence-corrected chi connectivity index (χ0v) is 11.7. The Kier molecular flexibility index (Phi) is 6.31. The third kappa shape index (κ3) is 5.41. The Morgan fingerprint density at radius 3 is 2.93 bits per heavy atom. The van der Waals surface area contributed by atoms with E-state index in [1.165, 1.54) is 18.6 Å². The highest BCUT2D eigenvalue weighted by molar-refractivity contribution is 8.77. The summed E-state index contributed by atoms with van der Waals surface area (Å²) in [5.74, 6) is 1.19. The molecule has 2 nitrogen and oxygen atoms in total. The molecule has 15 heavy (non-hydrogen) atoms. The van der Waals surface area contributed by atoms with Crippen LogP contribution in [0.4, 0.5) is 0 Å². The van der Waals surface area contributed by atoms with Gasteiger partial charge in [-0.05, 0) is 26.2 Å². The Balaban J connectivity index is 2.03. The number of hydrogen-bond donors (Lipinski definition) is 0. The van der Waals surface area contributed by atoms with E-state index in [-0.39, 0.29) is 5.97 Å². The van der Waals surface area contributed by atoms with E-state index in [4.69, 9.17) is 4.18 Å². The molecule has 0 radical (unpaired) electrons. The van der Waals surface area contributed by atoms with E-state index < -0.39 is 0 Å². The van der Waals surface area contributed by atoms with E-state index in [1.807, 2.05) is 21.6 Å². The van der Waals surface area contributed by atoms with Crippen LogP contribution in [-0.2, 0) is 8.98 Å². The van der Waals surface area contributed by atoms with Gasteiger partial charge in [-0.1, -0.05) is 28.0 Å². The first-order valence-corrected chi connectivity index (χ1v) is 8.67. The molecule has 0 aliphatic carbocycles. The minimum absolute atomic E-state index is 0.0823. The molecule has 88 valence electrons. The van der Waals surface area contributed by atoms with Crippen LogP contribution in [0.15, 0.2) is 0 Å². The van der Waals surface area contributed by atoms with Crippen LogP contribution in [0, 0.1) is 0 Å². The first-order chi connectivity index (χ1) is 7.16. The normalized spacial score (nSPS) is 25.5. The molecule has 1 fully saturated rings. The van der Waals surface area contributed by atoms with Gasteiger partial charge in [0.05, 0.1) is 12.0 Å². The lowest BCUT2D eigenvalue weighted by atomic mass is 9.99. The fraction of sp³-hybridized carbons (Fsp3) is 0.900. The Hall–Kier alpha value is 0.520. The second kappa shape index (κ2) is 6.97. The van der Waals surface area contributed by atoms with Crippen molar-refractivity contribution in [1.82, 2.24) is 0 Å². The summed E-state index contributed by atoms with van der Waals surface area (Å²) in [4.78, 5) is 11.1. The van der Waals surface area contributed by atoms with Crippen molar-refractivity contribution in [1.29, 1.82) is 0 Å². The summed E-state index contributed by atoms with van der Waals surface area (Å²) in [6.07, 6.45) is 6.95. The zero-order chi connectivity index (χ0) is 11.1. The van der Waals surface area contributed by atoms with Crippen LogP contribution >= 0.6 is 33.6 Å².